The highest BCUT2D eigenvalue weighted by molar-refractivity contribution is 5.84. The Morgan fingerprint density at radius 1 is 1.36 bits per heavy atom. The molecule has 1 aliphatic rings. The molecule has 2 N–H and O–H groups in total. The normalized spacial score (nSPS) is 18.2. The number of aliphatic carboxylic acids is 1. The highest BCUT2D eigenvalue weighted by atomic mass is 16.4. The van der Waals surface area contributed by atoms with E-state index < -0.39 is 5.97 Å². The Morgan fingerprint density at radius 2 is 2.05 bits per heavy atom. The summed E-state index contributed by atoms with van der Waals surface area (Å²) in [7, 11) is 0. The van der Waals surface area contributed by atoms with E-state index in [4.69, 9.17) is 5.11 Å². The van der Waals surface area contributed by atoms with Crippen LogP contribution in [-0.4, -0.2) is 65.5 Å². The second-order valence-electron chi connectivity index (χ2n) is 6.11. The number of urea groups is 1. The van der Waals surface area contributed by atoms with Crippen LogP contribution in [0.25, 0.3) is 0 Å². The van der Waals surface area contributed by atoms with Crippen LogP contribution in [0.3, 0.4) is 0 Å². The smallest absolute Gasteiger partial charge is 0.323 e. The summed E-state index contributed by atoms with van der Waals surface area (Å²) in [5.41, 5.74) is 0. The molecule has 1 saturated heterocycles. The minimum atomic E-state index is -1.02. The van der Waals surface area contributed by atoms with Crippen LogP contribution in [0.2, 0.25) is 0 Å². The predicted octanol–water partition coefficient (Wildman–Crippen LogP) is 0.997. The molecule has 1 atom stereocenters. The van der Waals surface area contributed by atoms with Crippen LogP contribution in [0, 0.1) is 11.8 Å². The van der Waals surface area contributed by atoms with Crippen molar-refractivity contribution in [3.8, 4) is 0 Å². The molecular formula is C15H27N3O4. The van der Waals surface area contributed by atoms with Gasteiger partial charge in [0.2, 0.25) is 5.91 Å². The van der Waals surface area contributed by atoms with Crippen LogP contribution < -0.4 is 5.32 Å². The number of carboxylic acids is 1. The van der Waals surface area contributed by atoms with E-state index in [1.807, 2.05) is 13.8 Å². The molecule has 0 spiro atoms. The molecule has 0 aromatic heterocycles. The lowest BCUT2D eigenvalue weighted by Crippen LogP contribution is -2.50. The molecule has 1 rings (SSSR count). The predicted molar refractivity (Wildman–Crippen MR) is 82.4 cm³/mol. The summed E-state index contributed by atoms with van der Waals surface area (Å²) in [6.07, 6.45) is 1.46. The second kappa shape index (κ2) is 8.60. The Morgan fingerprint density at radius 3 is 2.59 bits per heavy atom. The van der Waals surface area contributed by atoms with E-state index in [0.29, 0.717) is 38.5 Å². The summed E-state index contributed by atoms with van der Waals surface area (Å²) in [5.74, 6) is -1.13. The molecule has 7 heteroatoms. The molecule has 0 radical (unpaired) electrons. The van der Waals surface area contributed by atoms with E-state index >= 15 is 0 Å². The van der Waals surface area contributed by atoms with Crippen molar-refractivity contribution in [2.24, 2.45) is 11.8 Å². The number of nitrogens with zero attached hydrogens (tertiary/aromatic N) is 2. The lowest BCUT2D eigenvalue weighted by atomic mass is 9.96. The van der Waals surface area contributed by atoms with Crippen LogP contribution in [0.5, 0.6) is 0 Å². The molecule has 1 heterocycles. The lowest BCUT2D eigenvalue weighted by Gasteiger charge is -2.34. The van der Waals surface area contributed by atoms with Crippen molar-refractivity contribution < 1.29 is 19.5 Å². The number of hydrogen-bond acceptors (Lipinski definition) is 3. The fourth-order valence-electron chi connectivity index (χ4n) is 2.53. The first kappa shape index (κ1) is 18.3. The van der Waals surface area contributed by atoms with E-state index in [1.165, 1.54) is 4.90 Å². The standard InChI is InChI=1S/C15H27N3O4/c1-4-17(10-13(19)20)14(21)12-6-5-7-18(9-12)15(22)16-8-11(2)3/h11-12H,4-10H2,1-3H3,(H,16,22)(H,19,20). The van der Waals surface area contributed by atoms with Crippen molar-refractivity contribution in [3.63, 3.8) is 0 Å². The second-order valence-corrected chi connectivity index (χ2v) is 6.11. The summed E-state index contributed by atoms with van der Waals surface area (Å²) in [6, 6.07) is -0.146. The minimum absolute atomic E-state index is 0.146. The van der Waals surface area contributed by atoms with Gasteiger partial charge >= 0.3 is 12.0 Å². The first-order valence-electron chi connectivity index (χ1n) is 7.88. The number of amides is 3. The third-order valence-electron chi connectivity index (χ3n) is 3.74. The van der Waals surface area contributed by atoms with Crippen LogP contribution in [-0.2, 0) is 9.59 Å². The third kappa shape index (κ3) is 5.54. The maximum absolute atomic E-state index is 12.4. The molecule has 0 aromatic rings. The third-order valence-corrected chi connectivity index (χ3v) is 3.74. The Kier molecular flexibility index (Phi) is 7.14. The molecule has 0 saturated carbocycles. The maximum atomic E-state index is 12.4. The summed E-state index contributed by atoms with van der Waals surface area (Å²) in [5, 5.41) is 11.7. The van der Waals surface area contributed by atoms with E-state index in [-0.39, 0.29) is 24.4 Å². The zero-order valence-electron chi connectivity index (χ0n) is 13.7. The molecule has 1 aliphatic heterocycles. The molecule has 0 aliphatic carbocycles. The van der Waals surface area contributed by atoms with Crippen LogP contribution in [0.4, 0.5) is 4.79 Å². The van der Waals surface area contributed by atoms with Gasteiger partial charge in [-0.15, -0.1) is 0 Å². The number of hydrogen-bond donors (Lipinski definition) is 2. The SMILES string of the molecule is CCN(CC(=O)O)C(=O)C1CCCN(C(=O)NCC(C)C)C1. The number of likely N-dealkylation sites (N-methyl/N-ethyl adjacent to an activating group) is 1. The van der Waals surface area contributed by atoms with Gasteiger partial charge in [-0.2, -0.15) is 0 Å². The number of carbonyl (C=O) groups is 3. The van der Waals surface area contributed by atoms with Crippen molar-refractivity contribution in [1.29, 1.82) is 0 Å². The first-order chi connectivity index (χ1) is 10.3. The van der Waals surface area contributed by atoms with Gasteiger partial charge in [-0.05, 0) is 25.7 Å². The van der Waals surface area contributed by atoms with Crippen molar-refractivity contribution in [2.75, 3.05) is 32.7 Å². The molecular weight excluding hydrogens is 286 g/mol. The quantitative estimate of drug-likeness (QED) is 0.765. The van der Waals surface area contributed by atoms with Gasteiger partial charge in [0.1, 0.15) is 6.54 Å². The number of rotatable bonds is 6. The van der Waals surface area contributed by atoms with E-state index in [2.05, 4.69) is 5.32 Å². The van der Waals surface area contributed by atoms with Crippen LogP contribution in [0.1, 0.15) is 33.6 Å². The molecule has 126 valence electrons. The monoisotopic (exact) mass is 313 g/mol. The highest BCUT2D eigenvalue weighted by Gasteiger charge is 2.31. The van der Waals surface area contributed by atoms with Gasteiger partial charge in [-0.1, -0.05) is 13.8 Å². The van der Waals surface area contributed by atoms with Crippen molar-refractivity contribution >= 4 is 17.9 Å². The topological polar surface area (TPSA) is 90.0 Å². The van der Waals surface area contributed by atoms with Gasteiger partial charge in [0.05, 0.1) is 5.92 Å². The molecule has 22 heavy (non-hydrogen) atoms. The number of carbonyl (C=O) groups excluding carboxylic acids is 2. The Hall–Kier alpha value is -1.79. The van der Waals surface area contributed by atoms with Gasteiger partial charge in [-0.3, -0.25) is 9.59 Å². The fraction of sp³-hybridized carbons (Fsp3) is 0.800. The van der Waals surface area contributed by atoms with Gasteiger partial charge in [0.15, 0.2) is 0 Å². The zero-order chi connectivity index (χ0) is 16.7. The highest BCUT2D eigenvalue weighted by Crippen LogP contribution is 2.19. The van der Waals surface area contributed by atoms with Gasteiger partial charge in [-0.25, -0.2) is 4.79 Å². The lowest BCUT2D eigenvalue weighted by molar-refractivity contribution is -0.146. The summed E-state index contributed by atoms with van der Waals surface area (Å²) in [4.78, 5) is 38.3. The largest absolute Gasteiger partial charge is 0.480 e. The van der Waals surface area contributed by atoms with Crippen molar-refractivity contribution in [1.82, 2.24) is 15.1 Å². The van der Waals surface area contributed by atoms with E-state index in [1.54, 1.807) is 11.8 Å². The minimum Gasteiger partial charge on any atom is -0.480 e. The van der Waals surface area contributed by atoms with E-state index in [0.717, 1.165) is 6.42 Å². The number of nitrogens with one attached hydrogen (secondary N) is 1. The Bertz CT molecular complexity index is 412. The number of carboxylic acid groups (broad SMARTS) is 1. The number of piperidine rings is 1. The molecule has 1 unspecified atom stereocenters. The van der Waals surface area contributed by atoms with Crippen molar-refractivity contribution in [3.05, 3.63) is 0 Å². The van der Waals surface area contributed by atoms with Crippen molar-refractivity contribution in [2.45, 2.75) is 33.6 Å². The first-order valence-corrected chi connectivity index (χ1v) is 7.88. The van der Waals surface area contributed by atoms with Gasteiger partial charge in [0.25, 0.3) is 0 Å². The Balaban J connectivity index is 2.59. The maximum Gasteiger partial charge on any atom is 0.323 e. The fourth-order valence-corrected chi connectivity index (χ4v) is 2.53. The zero-order valence-corrected chi connectivity index (χ0v) is 13.7. The van der Waals surface area contributed by atoms with Gasteiger partial charge in [0, 0.05) is 26.2 Å². The van der Waals surface area contributed by atoms with Crippen LogP contribution in [0.15, 0.2) is 0 Å². The van der Waals surface area contributed by atoms with E-state index in [9.17, 15) is 14.4 Å². The average molecular weight is 313 g/mol. The summed E-state index contributed by atoms with van der Waals surface area (Å²) < 4.78 is 0. The Labute approximate surface area is 131 Å². The van der Waals surface area contributed by atoms with Gasteiger partial charge < -0.3 is 20.2 Å². The average Bonchev–Trinajstić information content (AvgIpc) is 2.49. The molecule has 0 aromatic carbocycles. The summed E-state index contributed by atoms with van der Waals surface area (Å²) >= 11 is 0. The molecule has 0 bridgehead atoms. The number of likely N-dealkylation sites (tertiary alicyclic amines) is 1. The summed E-state index contributed by atoms with van der Waals surface area (Å²) in [6.45, 7) is 7.48. The molecule has 7 nitrogen and oxygen atoms in total. The molecule has 3 amide bonds. The molecule has 1 fully saturated rings. The van der Waals surface area contributed by atoms with Crippen LogP contribution >= 0.6 is 0 Å².